The molecule has 4 aromatic rings. The van der Waals surface area contributed by atoms with Gasteiger partial charge in [-0.1, -0.05) is 54.6 Å². The average molecular weight is 298 g/mol. The van der Waals surface area contributed by atoms with Gasteiger partial charge in [-0.15, -0.1) is 0 Å². The Hall–Kier alpha value is -2.80. The third-order valence-corrected chi connectivity index (χ3v) is 4.58. The average Bonchev–Trinajstić information content (AvgIpc) is 2.56. The van der Waals surface area contributed by atoms with E-state index in [1.165, 1.54) is 32.7 Å². The summed E-state index contributed by atoms with van der Waals surface area (Å²) in [6.45, 7) is 2.06. The fourth-order valence-corrected chi connectivity index (χ4v) is 3.37. The normalized spacial score (nSPS) is 11.2. The molecule has 1 N–H and O–H groups in total. The molecule has 0 spiro atoms. The first-order valence-electron chi connectivity index (χ1n) is 7.90. The highest BCUT2D eigenvalue weighted by molar-refractivity contribution is 6.02. The molecule has 0 saturated heterocycles. The highest BCUT2D eigenvalue weighted by atomic mass is 16.3. The molecule has 1 heteroatoms. The van der Waals surface area contributed by atoms with Crippen LogP contribution in [0.25, 0.3) is 21.5 Å². The summed E-state index contributed by atoms with van der Waals surface area (Å²) in [5.74, 6) is 0.328. The zero-order valence-electron chi connectivity index (χ0n) is 13.1. The molecule has 0 saturated carbocycles. The molecule has 0 fully saturated rings. The molecule has 0 aliphatic carbocycles. The Balaban J connectivity index is 1.99. The number of aryl methyl sites for hydroxylation is 1. The van der Waals surface area contributed by atoms with E-state index in [2.05, 4.69) is 61.5 Å². The van der Waals surface area contributed by atoms with Crippen LogP contribution < -0.4 is 0 Å². The number of aromatic hydroxyl groups is 1. The zero-order valence-corrected chi connectivity index (χ0v) is 13.1. The Morgan fingerprint density at radius 3 is 1.96 bits per heavy atom. The van der Waals surface area contributed by atoms with E-state index in [9.17, 15) is 5.11 Å². The van der Waals surface area contributed by atoms with E-state index >= 15 is 0 Å². The van der Waals surface area contributed by atoms with Crippen LogP contribution in [-0.4, -0.2) is 5.11 Å². The predicted octanol–water partition coefficient (Wildman–Crippen LogP) is 5.60. The van der Waals surface area contributed by atoms with Gasteiger partial charge in [0.15, 0.2) is 0 Å². The molecule has 0 atom stereocenters. The summed E-state index contributed by atoms with van der Waals surface area (Å²) in [6.07, 6.45) is 0.869. The molecule has 0 aliphatic heterocycles. The largest absolute Gasteiger partial charge is 0.508 e. The second-order valence-electron chi connectivity index (χ2n) is 6.08. The number of fused-ring (bicyclic) bond motifs is 2. The quantitative estimate of drug-likeness (QED) is 0.478. The second-order valence-corrected chi connectivity index (χ2v) is 6.08. The van der Waals surface area contributed by atoms with E-state index < -0.39 is 0 Å². The van der Waals surface area contributed by atoms with E-state index in [4.69, 9.17) is 0 Å². The van der Waals surface area contributed by atoms with E-state index in [1.807, 2.05) is 12.1 Å². The first-order valence-corrected chi connectivity index (χ1v) is 7.90. The fraction of sp³-hybridized carbons (Fsp3) is 0.0909. The summed E-state index contributed by atoms with van der Waals surface area (Å²) in [6, 6.07) is 25.0. The van der Waals surface area contributed by atoms with E-state index in [-0.39, 0.29) is 0 Å². The monoisotopic (exact) mass is 298 g/mol. The minimum absolute atomic E-state index is 0.328. The van der Waals surface area contributed by atoms with Crippen molar-refractivity contribution in [2.24, 2.45) is 0 Å². The Morgan fingerprint density at radius 2 is 1.35 bits per heavy atom. The van der Waals surface area contributed by atoms with Crippen LogP contribution >= 0.6 is 0 Å². The number of hydrogen-bond acceptors (Lipinski definition) is 1. The van der Waals surface area contributed by atoms with Crippen molar-refractivity contribution >= 4 is 21.5 Å². The van der Waals surface area contributed by atoms with E-state index in [0.717, 1.165) is 12.0 Å². The third-order valence-electron chi connectivity index (χ3n) is 4.58. The van der Waals surface area contributed by atoms with Gasteiger partial charge in [-0.05, 0) is 69.8 Å². The van der Waals surface area contributed by atoms with Gasteiger partial charge in [0.25, 0.3) is 0 Å². The van der Waals surface area contributed by atoms with E-state index in [1.54, 1.807) is 6.07 Å². The highest BCUT2D eigenvalue weighted by Crippen LogP contribution is 2.31. The Morgan fingerprint density at radius 1 is 0.739 bits per heavy atom. The van der Waals surface area contributed by atoms with Crippen molar-refractivity contribution in [3.63, 3.8) is 0 Å². The summed E-state index contributed by atoms with van der Waals surface area (Å²) in [4.78, 5) is 0. The van der Waals surface area contributed by atoms with Crippen LogP contribution in [0.5, 0.6) is 5.75 Å². The predicted molar refractivity (Wildman–Crippen MR) is 97.1 cm³/mol. The van der Waals surface area contributed by atoms with Gasteiger partial charge in [0.1, 0.15) is 5.75 Å². The topological polar surface area (TPSA) is 20.2 Å². The van der Waals surface area contributed by atoms with Crippen LogP contribution in [0.15, 0.2) is 72.8 Å². The molecule has 0 unspecified atom stereocenters. The van der Waals surface area contributed by atoms with Gasteiger partial charge < -0.3 is 5.11 Å². The maximum atomic E-state index is 9.65. The van der Waals surface area contributed by atoms with Crippen LogP contribution in [-0.2, 0) is 6.42 Å². The van der Waals surface area contributed by atoms with Crippen LogP contribution in [0.3, 0.4) is 0 Å². The minimum atomic E-state index is 0.328. The van der Waals surface area contributed by atoms with Crippen molar-refractivity contribution < 1.29 is 5.11 Å². The molecule has 0 aliphatic rings. The van der Waals surface area contributed by atoms with Crippen molar-refractivity contribution in [1.29, 1.82) is 0 Å². The fourth-order valence-electron chi connectivity index (χ4n) is 3.37. The van der Waals surface area contributed by atoms with Crippen molar-refractivity contribution in [2.45, 2.75) is 13.3 Å². The number of hydrogen-bond donors (Lipinski definition) is 1. The second kappa shape index (κ2) is 5.44. The zero-order chi connectivity index (χ0) is 15.8. The highest BCUT2D eigenvalue weighted by Gasteiger charge is 2.09. The standard InChI is InChI=1S/C22H18O/c1-15-12-19(23)11-10-16(15)14-22-20-8-4-2-6-17(20)13-18-7-3-5-9-21(18)22/h2-13,23H,14H2,1H3. The summed E-state index contributed by atoms with van der Waals surface area (Å²) < 4.78 is 0. The van der Waals surface area contributed by atoms with Crippen molar-refractivity contribution in [2.75, 3.05) is 0 Å². The number of benzene rings is 4. The summed E-state index contributed by atoms with van der Waals surface area (Å²) in [5.41, 5.74) is 3.74. The van der Waals surface area contributed by atoms with Gasteiger partial charge in [0.05, 0.1) is 0 Å². The third kappa shape index (κ3) is 2.44. The lowest BCUT2D eigenvalue weighted by molar-refractivity contribution is 0.474. The molecule has 0 heterocycles. The molecule has 0 amide bonds. The van der Waals surface area contributed by atoms with Gasteiger partial charge in [-0.25, -0.2) is 0 Å². The Kier molecular flexibility index (Phi) is 3.27. The smallest absolute Gasteiger partial charge is 0.115 e. The van der Waals surface area contributed by atoms with Crippen LogP contribution in [0.1, 0.15) is 16.7 Å². The molecule has 112 valence electrons. The first-order chi connectivity index (χ1) is 11.2. The number of phenolic OH excluding ortho intramolecular Hbond substituents is 1. The molecule has 4 rings (SSSR count). The summed E-state index contributed by atoms with van der Waals surface area (Å²) in [5, 5.41) is 14.8. The SMILES string of the molecule is Cc1cc(O)ccc1Cc1c2ccccc2cc2ccccc12. The lowest BCUT2D eigenvalue weighted by atomic mass is 9.91. The molecular formula is C22H18O. The molecule has 23 heavy (non-hydrogen) atoms. The minimum Gasteiger partial charge on any atom is -0.508 e. The maximum Gasteiger partial charge on any atom is 0.115 e. The molecule has 4 aromatic carbocycles. The first kappa shape index (κ1) is 13.8. The summed E-state index contributed by atoms with van der Waals surface area (Å²) >= 11 is 0. The van der Waals surface area contributed by atoms with Crippen LogP contribution in [0.4, 0.5) is 0 Å². The van der Waals surface area contributed by atoms with Gasteiger partial charge in [0.2, 0.25) is 0 Å². The molecule has 0 bridgehead atoms. The maximum absolute atomic E-state index is 9.65. The lowest BCUT2D eigenvalue weighted by Crippen LogP contribution is -1.95. The van der Waals surface area contributed by atoms with Crippen molar-refractivity contribution in [1.82, 2.24) is 0 Å². The van der Waals surface area contributed by atoms with Crippen molar-refractivity contribution in [3.8, 4) is 5.75 Å². The van der Waals surface area contributed by atoms with Gasteiger partial charge >= 0.3 is 0 Å². The number of rotatable bonds is 2. The van der Waals surface area contributed by atoms with Crippen LogP contribution in [0.2, 0.25) is 0 Å². The van der Waals surface area contributed by atoms with Gasteiger partial charge in [-0.2, -0.15) is 0 Å². The van der Waals surface area contributed by atoms with Gasteiger partial charge in [-0.3, -0.25) is 0 Å². The van der Waals surface area contributed by atoms with Crippen molar-refractivity contribution in [3.05, 3.63) is 89.5 Å². The summed E-state index contributed by atoms with van der Waals surface area (Å²) in [7, 11) is 0. The van der Waals surface area contributed by atoms with E-state index in [0.29, 0.717) is 5.75 Å². The Labute approximate surface area is 135 Å². The lowest BCUT2D eigenvalue weighted by Gasteiger charge is -2.13. The molecular weight excluding hydrogens is 280 g/mol. The molecule has 0 radical (unpaired) electrons. The molecule has 1 nitrogen and oxygen atoms in total. The Bertz CT molecular complexity index is 961. The van der Waals surface area contributed by atoms with Crippen LogP contribution in [0, 0.1) is 6.92 Å². The number of phenols is 1. The molecule has 0 aromatic heterocycles. The van der Waals surface area contributed by atoms with Gasteiger partial charge in [0, 0.05) is 0 Å².